The van der Waals surface area contributed by atoms with Crippen LogP contribution in [-0.2, 0) is 0 Å². The minimum absolute atomic E-state index is 0.375. The zero-order valence-corrected chi connectivity index (χ0v) is 9.91. The van der Waals surface area contributed by atoms with Crippen molar-refractivity contribution in [3.8, 4) is 11.3 Å². The predicted molar refractivity (Wildman–Crippen MR) is 65.8 cm³/mol. The summed E-state index contributed by atoms with van der Waals surface area (Å²) in [5, 5.41) is 0. The van der Waals surface area contributed by atoms with Gasteiger partial charge < -0.3 is 5.73 Å². The van der Waals surface area contributed by atoms with E-state index >= 15 is 0 Å². The van der Waals surface area contributed by atoms with Crippen molar-refractivity contribution in [2.24, 2.45) is 5.73 Å². The summed E-state index contributed by atoms with van der Waals surface area (Å²) < 4.78 is 4.37. The molecule has 1 amide bonds. The first-order chi connectivity index (χ1) is 8.27. The maximum atomic E-state index is 11.4. The molecule has 0 radical (unpaired) electrons. The molecule has 86 valence electrons. The molecule has 2 N–H and O–H groups in total. The highest BCUT2D eigenvalue weighted by atomic mass is 32.1. The topological polar surface area (TPSA) is 68.9 Å². The van der Waals surface area contributed by atoms with Crippen LogP contribution in [0.25, 0.3) is 11.3 Å². The maximum Gasteiger partial charge on any atom is 0.260 e. The van der Waals surface area contributed by atoms with E-state index in [9.17, 15) is 4.79 Å². The van der Waals surface area contributed by atoms with E-state index in [-0.39, 0.29) is 5.91 Å². The molecule has 2 aromatic heterocycles. The number of pyridine rings is 1. The second kappa shape index (κ2) is 3.92. The zero-order chi connectivity index (χ0) is 11.8. The molecule has 0 bridgehead atoms. The lowest BCUT2D eigenvalue weighted by Gasteiger charge is -2.02. The number of carbonyl (C=O) groups excluding carboxylic acids is 1. The third-order valence-corrected chi connectivity index (χ3v) is 3.75. The molecular formula is C12H11N3OS. The third-order valence-electron chi connectivity index (χ3n) is 2.87. The van der Waals surface area contributed by atoms with Gasteiger partial charge in [-0.15, -0.1) is 0 Å². The van der Waals surface area contributed by atoms with Crippen LogP contribution >= 0.6 is 11.5 Å². The summed E-state index contributed by atoms with van der Waals surface area (Å²) in [4.78, 5) is 16.1. The smallest absolute Gasteiger partial charge is 0.260 e. The molecule has 0 aliphatic heterocycles. The fraction of sp³-hybridized carbons (Fsp3) is 0.250. The molecule has 1 fully saturated rings. The number of hydrogen-bond acceptors (Lipinski definition) is 4. The summed E-state index contributed by atoms with van der Waals surface area (Å²) in [5.41, 5.74) is 8.24. The fourth-order valence-corrected chi connectivity index (χ4v) is 2.77. The molecule has 2 heterocycles. The number of hydrogen-bond donors (Lipinski definition) is 1. The molecule has 1 aliphatic rings. The van der Waals surface area contributed by atoms with Crippen LogP contribution in [0.2, 0.25) is 0 Å². The Balaban J connectivity index is 2.14. The second-order valence-electron chi connectivity index (χ2n) is 4.15. The van der Waals surface area contributed by atoms with E-state index in [4.69, 9.17) is 5.73 Å². The Morgan fingerprint density at radius 2 is 2.29 bits per heavy atom. The Bertz CT molecular complexity index is 560. The highest BCUT2D eigenvalue weighted by molar-refractivity contribution is 7.08. The number of primary amides is 1. The van der Waals surface area contributed by atoms with E-state index in [0.29, 0.717) is 10.8 Å². The molecule has 0 saturated heterocycles. The van der Waals surface area contributed by atoms with Crippen molar-refractivity contribution in [2.45, 2.75) is 18.8 Å². The molecule has 0 unspecified atom stereocenters. The number of aromatic nitrogens is 2. The van der Waals surface area contributed by atoms with E-state index in [2.05, 4.69) is 9.36 Å². The Labute approximate surface area is 103 Å². The molecular weight excluding hydrogens is 234 g/mol. The van der Waals surface area contributed by atoms with E-state index in [0.717, 1.165) is 29.7 Å². The SMILES string of the molecule is NC(=O)c1snc(-c2cccnc2)c1C1CC1. The summed E-state index contributed by atoms with van der Waals surface area (Å²) >= 11 is 1.20. The second-order valence-corrected chi connectivity index (χ2v) is 4.93. The van der Waals surface area contributed by atoms with Crippen LogP contribution in [0.3, 0.4) is 0 Å². The van der Waals surface area contributed by atoms with E-state index < -0.39 is 0 Å². The predicted octanol–water partition coefficient (Wildman–Crippen LogP) is 2.18. The first-order valence-corrected chi connectivity index (χ1v) is 6.24. The van der Waals surface area contributed by atoms with Gasteiger partial charge in [0.25, 0.3) is 5.91 Å². The van der Waals surface area contributed by atoms with Gasteiger partial charge in [-0.1, -0.05) is 0 Å². The molecule has 0 aromatic carbocycles. The Kier molecular flexibility index (Phi) is 2.40. The van der Waals surface area contributed by atoms with Crippen molar-refractivity contribution >= 4 is 17.4 Å². The zero-order valence-electron chi connectivity index (χ0n) is 9.09. The van der Waals surface area contributed by atoms with Crippen LogP contribution in [0.1, 0.15) is 34.0 Å². The molecule has 2 aromatic rings. The van der Waals surface area contributed by atoms with Crippen LogP contribution in [0.5, 0.6) is 0 Å². The lowest BCUT2D eigenvalue weighted by atomic mass is 10.0. The van der Waals surface area contributed by atoms with Crippen molar-refractivity contribution in [1.82, 2.24) is 9.36 Å². The van der Waals surface area contributed by atoms with Gasteiger partial charge in [-0.05, 0) is 42.4 Å². The maximum absolute atomic E-state index is 11.4. The van der Waals surface area contributed by atoms with Crippen LogP contribution in [-0.4, -0.2) is 15.3 Å². The van der Waals surface area contributed by atoms with Crippen LogP contribution < -0.4 is 5.73 Å². The fourth-order valence-electron chi connectivity index (χ4n) is 1.94. The summed E-state index contributed by atoms with van der Waals surface area (Å²) in [6, 6.07) is 3.83. The minimum atomic E-state index is -0.375. The number of carbonyl (C=O) groups is 1. The molecule has 0 atom stereocenters. The molecule has 17 heavy (non-hydrogen) atoms. The molecule has 5 heteroatoms. The molecule has 3 rings (SSSR count). The van der Waals surface area contributed by atoms with Crippen LogP contribution in [0.15, 0.2) is 24.5 Å². The van der Waals surface area contributed by atoms with Gasteiger partial charge in [0.05, 0.1) is 5.69 Å². The van der Waals surface area contributed by atoms with E-state index in [1.54, 1.807) is 12.4 Å². The number of nitrogens with zero attached hydrogens (tertiary/aromatic N) is 2. The van der Waals surface area contributed by atoms with Crippen molar-refractivity contribution < 1.29 is 4.79 Å². The number of rotatable bonds is 3. The number of nitrogens with two attached hydrogens (primary N) is 1. The van der Waals surface area contributed by atoms with E-state index in [1.807, 2.05) is 12.1 Å². The van der Waals surface area contributed by atoms with E-state index in [1.165, 1.54) is 11.5 Å². The third kappa shape index (κ3) is 1.82. The average Bonchev–Trinajstić information content (AvgIpc) is 3.08. The number of amides is 1. The van der Waals surface area contributed by atoms with Gasteiger partial charge >= 0.3 is 0 Å². The van der Waals surface area contributed by atoms with Gasteiger partial charge in [-0.2, -0.15) is 4.37 Å². The highest BCUT2D eigenvalue weighted by Gasteiger charge is 2.33. The standard InChI is InChI=1S/C12H11N3OS/c13-12(16)11-9(7-3-4-7)10(15-17-11)8-2-1-5-14-6-8/h1-2,5-7H,3-4H2,(H2,13,16). The van der Waals surface area contributed by atoms with Gasteiger partial charge in [0.1, 0.15) is 4.88 Å². The van der Waals surface area contributed by atoms with Gasteiger partial charge in [-0.25, -0.2) is 0 Å². The molecule has 1 saturated carbocycles. The first kappa shape index (κ1) is 10.4. The van der Waals surface area contributed by atoms with Crippen molar-refractivity contribution in [3.63, 3.8) is 0 Å². The van der Waals surface area contributed by atoms with Gasteiger partial charge in [0.2, 0.25) is 0 Å². The summed E-state index contributed by atoms with van der Waals surface area (Å²) in [6.07, 6.45) is 5.73. The normalized spacial score (nSPS) is 14.8. The monoisotopic (exact) mass is 245 g/mol. The van der Waals surface area contributed by atoms with Crippen LogP contribution in [0, 0.1) is 0 Å². The molecule has 4 nitrogen and oxygen atoms in total. The lowest BCUT2D eigenvalue weighted by molar-refractivity contribution is 0.100. The first-order valence-electron chi connectivity index (χ1n) is 5.47. The quantitative estimate of drug-likeness (QED) is 0.901. The van der Waals surface area contributed by atoms with Crippen molar-refractivity contribution in [2.75, 3.05) is 0 Å². The summed E-state index contributed by atoms with van der Waals surface area (Å²) in [6.45, 7) is 0. The van der Waals surface area contributed by atoms with Crippen molar-refractivity contribution in [1.29, 1.82) is 0 Å². The average molecular weight is 245 g/mol. The summed E-state index contributed by atoms with van der Waals surface area (Å²) in [7, 11) is 0. The Morgan fingerprint density at radius 1 is 1.47 bits per heavy atom. The Morgan fingerprint density at radius 3 is 2.88 bits per heavy atom. The van der Waals surface area contributed by atoms with Gasteiger partial charge in [-0.3, -0.25) is 9.78 Å². The molecule has 0 spiro atoms. The largest absolute Gasteiger partial charge is 0.365 e. The van der Waals surface area contributed by atoms with Crippen molar-refractivity contribution in [3.05, 3.63) is 35.0 Å². The van der Waals surface area contributed by atoms with Gasteiger partial charge in [0, 0.05) is 23.5 Å². The Hall–Kier alpha value is -1.75. The minimum Gasteiger partial charge on any atom is -0.365 e. The highest BCUT2D eigenvalue weighted by Crippen LogP contribution is 2.46. The molecule has 1 aliphatic carbocycles. The summed E-state index contributed by atoms with van der Waals surface area (Å²) in [5.74, 6) is 0.0750. The lowest BCUT2D eigenvalue weighted by Crippen LogP contribution is -2.11. The van der Waals surface area contributed by atoms with Gasteiger partial charge in [0.15, 0.2) is 0 Å². The van der Waals surface area contributed by atoms with Crippen LogP contribution in [0.4, 0.5) is 0 Å².